The molecule has 0 N–H and O–H groups in total. The fourth-order valence-electron chi connectivity index (χ4n) is 1.57. The molecule has 0 aromatic heterocycles. The van der Waals surface area contributed by atoms with Gasteiger partial charge in [0.05, 0.1) is 5.41 Å². The Morgan fingerprint density at radius 3 is 2.18 bits per heavy atom. The lowest BCUT2D eigenvalue weighted by Crippen LogP contribution is -2.30. The lowest BCUT2D eigenvalue weighted by Gasteiger charge is -2.24. The number of rotatable bonds is 8. The molecule has 4 heteroatoms. The average Bonchev–Trinajstić information content (AvgIpc) is 2.29. The lowest BCUT2D eigenvalue weighted by molar-refractivity contribution is -0.175. The number of hydrogen-bond acceptors (Lipinski definition) is 4. The van der Waals surface area contributed by atoms with E-state index in [4.69, 9.17) is 9.47 Å². The van der Waals surface area contributed by atoms with Crippen LogP contribution in [0, 0.1) is 5.41 Å². The monoisotopic (exact) mass is 244 g/mol. The van der Waals surface area contributed by atoms with Crippen LogP contribution in [-0.2, 0) is 19.1 Å². The maximum absolute atomic E-state index is 11.8. The van der Waals surface area contributed by atoms with Crippen molar-refractivity contribution < 1.29 is 19.1 Å². The van der Waals surface area contributed by atoms with Crippen LogP contribution in [0.5, 0.6) is 0 Å². The van der Waals surface area contributed by atoms with Gasteiger partial charge in [-0.3, -0.25) is 9.59 Å². The molecule has 0 radical (unpaired) electrons. The number of carbonyl (C=O) groups is 2. The summed E-state index contributed by atoms with van der Waals surface area (Å²) in [6.45, 7) is 7.49. The highest BCUT2D eigenvalue weighted by Crippen LogP contribution is 2.28. The van der Waals surface area contributed by atoms with Crippen molar-refractivity contribution in [3.63, 3.8) is 0 Å². The van der Waals surface area contributed by atoms with E-state index in [1.807, 2.05) is 27.7 Å². The second-order valence-corrected chi connectivity index (χ2v) is 4.48. The summed E-state index contributed by atoms with van der Waals surface area (Å²) < 4.78 is 9.77. The van der Waals surface area contributed by atoms with E-state index in [1.54, 1.807) is 0 Å². The Kier molecular flexibility index (Phi) is 7.59. The van der Waals surface area contributed by atoms with Gasteiger partial charge in [0.2, 0.25) is 6.79 Å². The zero-order chi connectivity index (χ0) is 13.3. The van der Waals surface area contributed by atoms with Gasteiger partial charge in [-0.1, -0.05) is 27.2 Å². The standard InChI is InChI=1S/C13H24O4/c1-5-8-11(14)16-10-17-12(15)13(4,7-3)9-6-2/h5-10H2,1-4H3. The van der Waals surface area contributed by atoms with Gasteiger partial charge >= 0.3 is 11.9 Å². The molecule has 1 atom stereocenters. The molecule has 0 aromatic rings. The molecule has 0 saturated heterocycles. The van der Waals surface area contributed by atoms with Gasteiger partial charge in [0.25, 0.3) is 0 Å². The first-order valence-electron chi connectivity index (χ1n) is 6.33. The van der Waals surface area contributed by atoms with Crippen molar-refractivity contribution in [2.45, 2.75) is 59.8 Å². The van der Waals surface area contributed by atoms with Crippen LogP contribution >= 0.6 is 0 Å². The maximum atomic E-state index is 11.8. The molecule has 0 rings (SSSR count). The third kappa shape index (κ3) is 5.71. The number of esters is 2. The number of ether oxygens (including phenoxy) is 2. The van der Waals surface area contributed by atoms with Crippen molar-refractivity contribution in [2.24, 2.45) is 5.41 Å². The Labute approximate surface area is 104 Å². The molecule has 1 unspecified atom stereocenters. The Hall–Kier alpha value is -1.06. The summed E-state index contributed by atoms with van der Waals surface area (Å²) >= 11 is 0. The first kappa shape index (κ1) is 15.9. The molecule has 0 heterocycles. The summed E-state index contributed by atoms with van der Waals surface area (Å²) in [7, 11) is 0. The first-order chi connectivity index (χ1) is 8.00. The summed E-state index contributed by atoms with van der Waals surface area (Å²) in [6, 6.07) is 0. The van der Waals surface area contributed by atoms with Crippen LogP contribution in [0.2, 0.25) is 0 Å². The summed E-state index contributed by atoms with van der Waals surface area (Å²) in [5.41, 5.74) is -0.466. The molecule has 0 aliphatic rings. The summed E-state index contributed by atoms with van der Waals surface area (Å²) in [5.74, 6) is -0.611. The largest absolute Gasteiger partial charge is 0.428 e. The van der Waals surface area contributed by atoms with Gasteiger partial charge < -0.3 is 9.47 Å². The summed E-state index contributed by atoms with van der Waals surface area (Å²) in [6.07, 6.45) is 3.52. The first-order valence-corrected chi connectivity index (χ1v) is 6.33. The minimum atomic E-state index is -0.466. The molecule has 4 nitrogen and oxygen atoms in total. The molecule has 0 aliphatic carbocycles. The minimum Gasteiger partial charge on any atom is -0.428 e. The molecule has 17 heavy (non-hydrogen) atoms. The summed E-state index contributed by atoms with van der Waals surface area (Å²) in [5, 5.41) is 0. The fourth-order valence-corrected chi connectivity index (χ4v) is 1.57. The van der Waals surface area contributed by atoms with Gasteiger partial charge in [-0.2, -0.15) is 0 Å². The van der Waals surface area contributed by atoms with E-state index in [1.165, 1.54) is 0 Å². The fraction of sp³-hybridized carbons (Fsp3) is 0.846. The molecular formula is C13H24O4. The van der Waals surface area contributed by atoms with E-state index in [9.17, 15) is 9.59 Å². The van der Waals surface area contributed by atoms with Gasteiger partial charge in [-0.05, 0) is 26.2 Å². The molecule has 0 amide bonds. The van der Waals surface area contributed by atoms with Crippen molar-refractivity contribution in [2.75, 3.05) is 6.79 Å². The highest BCUT2D eigenvalue weighted by Gasteiger charge is 2.32. The molecular weight excluding hydrogens is 220 g/mol. The van der Waals surface area contributed by atoms with E-state index >= 15 is 0 Å². The van der Waals surface area contributed by atoms with Crippen LogP contribution in [0.4, 0.5) is 0 Å². The van der Waals surface area contributed by atoms with Crippen molar-refractivity contribution in [3.8, 4) is 0 Å². The predicted octanol–water partition coefficient (Wildman–Crippen LogP) is 3.05. The predicted molar refractivity (Wildman–Crippen MR) is 65.3 cm³/mol. The maximum Gasteiger partial charge on any atom is 0.314 e. The smallest absolute Gasteiger partial charge is 0.314 e. The van der Waals surface area contributed by atoms with Crippen molar-refractivity contribution in [1.82, 2.24) is 0 Å². The van der Waals surface area contributed by atoms with Crippen LogP contribution in [0.25, 0.3) is 0 Å². The van der Waals surface area contributed by atoms with E-state index < -0.39 is 5.41 Å². The SMILES string of the molecule is CCCC(=O)OCOC(=O)C(C)(CC)CCC. The second kappa shape index (κ2) is 8.09. The lowest BCUT2D eigenvalue weighted by atomic mass is 9.83. The zero-order valence-corrected chi connectivity index (χ0v) is 11.4. The second-order valence-electron chi connectivity index (χ2n) is 4.48. The van der Waals surface area contributed by atoms with Crippen molar-refractivity contribution in [3.05, 3.63) is 0 Å². The van der Waals surface area contributed by atoms with Crippen LogP contribution < -0.4 is 0 Å². The van der Waals surface area contributed by atoms with Crippen molar-refractivity contribution >= 4 is 11.9 Å². The molecule has 0 aromatic carbocycles. The molecule has 0 aliphatic heterocycles. The molecule has 0 spiro atoms. The van der Waals surface area contributed by atoms with E-state index in [2.05, 4.69) is 0 Å². The Balaban J connectivity index is 4.03. The Morgan fingerprint density at radius 1 is 1.06 bits per heavy atom. The van der Waals surface area contributed by atoms with Gasteiger partial charge in [0.15, 0.2) is 0 Å². The third-order valence-corrected chi connectivity index (χ3v) is 2.94. The van der Waals surface area contributed by atoms with Crippen molar-refractivity contribution in [1.29, 1.82) is 0 Å². The van der Waals surface area contributed by atoms with E-state index in [-0.39, 0.29) is 18.7 Å². The van der Waals surface area contributed by atoms with Gasteiger partial charge in [-0.25, -0.2) is 0 Å². The Morgan fingerprint density at radius 2 is 1.71 bits per heavy atom. The van der Waals surface area contributed by atoms with Crippen LogP contribution in [0.3, 0.4) is 0 Å². The van der Waals surface area contributed by atoms with Crippen LogP contribution in [-0.4, -0.2) is 18.7 Å². The highest BCUT2D eigenvalue weighted by molar-refractivity contribution is 5.76. The molecule has 0 bridgehead atoms. The topological polar surface area (TPSA) is 52.6 Å². The molecule has 0 saturated carbocycles. The van der Waals surface area contributed by atoms with Gasteiger partial charge in [-0.15, -0.1) is 0 Å². The van der Waals surface area contributed by atoms with Gasteiger partial charge in [0.1, 0.15) is 0 Å². The zero-order valence-electron chi connectivity index (χ0n) is 11.4. The molecule has 100 valence electrons. The highest BCUT2D eigenvalue weighted by atomic mass is 16.7. The Bertz CT molecular complexity index is 250. The minimum absolute atomic E-state index is 0.267. The number of carbonyl (C=O) groups excluding carboxylic acids is 2. The van der Waals surface area contributed by atoms with E-state index in [0.717, 1.165) is 25.7 Å². The van der Waals surface area contributed by atoms with Crippen LogP contribution in [0.15, 0.2) is 0 Å². The van der Waals surface area contributed by atoms with E-state index in [0.29, 0.717) is 6.42 Å². The van der Waals surface area contributed by atoms with Gasteiger partial charge in [0, 0.05) is 6.42 Å². The average molecular weight is 244 g/mol. The number of hydrogen-bond donors (Lipinski definition) is 0. The quantitative estimate of drug-likeness (QED) is 0.486. The van der Waals surface area contributed by atoms with Crippen LogP contribution in [0.1, 0.15) is 59.8 Å². The normalized spacial score (nSPS) is 13.9. The summed E-state index contributed by atoms with van der Waals surface area (Å²) in [4.78, 5) is 22.9. The third-order valence-electron chi connectivity index (χ3n) is 2.94. The molecule has 0 fully saturated rings.